The molecule has 8 atom stereocenters. The summed E-state index contributed by atoms with van der Waals surface area (Å²) >= 11 is 0. The van der Waals surface area contributed by atoms with E-state index in [4.69, 9.17) is 0 Å². The first-order valence-corrected chi connectivity index (χ1v) is 13.2. The minimum absolute atomic E-state index is 0.0624. The third kappa shape index (κ3) is 3.81. The van der Waals surface area contributed by atoms with E-state index < -0.39 is 12.3 Å². The van der Waals surface area contributed by atoms with E-state index in [2.05, 4.69) is 23.6 Å². The van der Waals surface area contributed by atoms with Gasteiger partial charge in [-0.05, 0) is 92.8 Å². The van der Waals surface area contributed by atoms with Gasteiger partial charge in [0.1, 0.15) is 13.2 Å². The predicted octanol–water partition coefficient (Wildman–Crippen LogP) is 5.11. The van der Waals surface area contributed by atoms with Crippen molar-refractivity contribution in [3.05, 3.63) is 24.0 Å². The summed E-state index contributed by atoms with van der Waals surface area (Å²) in [6, 6.07) is 0. The van der Waals surface area contributed by atoms with E-state index in [-0.39, 0.29) is 11.3 Å². The third-order valence-corrected chi connectivity index (χ3v) is 10.4. The van der Waals surface area contributed by atoms with Crippen LogP contribution < -0.4 is 0 Å². The Bertz CT molecular complexity index is 973. The number of alkyl halides is 1. The quantitative estimate of drug-likeness (QED) is 0.589. The molecule has 4 fully saturated rings. The number of halogens is 1. The van der Waals surface area contributed by atoms with Crippen molar-refractivity contribution in [2.24, 2.45) is 45.9 Å². The molecule has 186 valence electrons. The fourth-order valence-corrected chi connectivity index (χ4v) is 8.83. The molecule has 1 aromatic heterocycles. The molecule has 1 aromatic rings. The highest BCUT2D eigenvalue weighted by Gasteiger charge is 2.59. The molecule has 4 aliphatic rings. The lowest BCUT2D eigenvalue weighted by Crippen LogP contribution is -2.52. The molecular weight excluding hydrogens is 429 g/mol. The fourth-order valence-electron chi connectivity index (χ4n) is 8.83. The Kier molecular flexibility index (Phi) is 6.33. The van der Waals surface area contributed by atoms with E-state index in [1.807, 2.05) is 0 Å². The first-order chi connectivity index (χ1) is 16.3. The van der Waals surface area contributed by atoms with Crippen molar-refractivity contribution in [1.82, 2.24) is 9.78 Å². The normalized spacial score (nSPS) is 41.6. The lowest BCUT2D eigenvalue weighted by molar-refractivity contribution is -0.134. The van der Waals surface area contributed by atoms with Gasteiger partial charge in [-0.3, -0.25) is 14.5 Å². The molecule has 0 aromatic carbocycles. The van der Waals surface area contributed by atoms with E-state index >= 15 is 0 Å². The number of carbonyl (C=O) groups is 1. The zero-order chi connectivity index (χ0) is 24.1. The molecule has 0 bridgehead atoms. The van der Waals surface area contributed by atoms with Crippen molar-refractivity contribution < 1.29 is 14.3 Å². The summed E-state index contributed by atoms with van der Waals surface area (Å²) in [6.07, 6.45) is 14.2. The minimum atomic E-state index is -1.08. The Morgan fingerprint density at radius 1 is 1.24 bits per heavy atom. The number of Topliss-reactive ketones (excluding diaryl/α,β-unsaturated/α-hetero) is 1. The lowest BCUT2D eigenvalue weighted by Gasteiger charge is -2.57. The van der Waals surface area contributed by atoms with Gasteiger partial charge < -0.3 is 5.11 Å². The zero-order valence-electron chi connectivity index (χ0n) is 20.8. The SMILES string of the molecule is C=Cc1cnn(CC(=O)[C@H]2CC[C@H]3[C@@H]4CC[C@H]5C[C@@](O)(CF)CC[C@@H]5[C@H]4CC[C@]23C)c1/C=N\C. The maximum atomic E-state index is 13.6. The maximum absolute atomic E-state index is 13.6. The van der Waals surface area contributed by atoms with Crippen molar-refractivity contribution >= 4 is 18.1 Å². The minimum Gasteiger partial charge on any atom is -0.387 e. The molecule has 4 saturated carbocycles. The van der Waals surface area contributed by atoms with Crippen LogP contribution >= 0.6 is 0 Å². The number of fused-ring (bicyclic) bond motifs is 5. The topological polar surface area (TPSA) is 67.5 Å². The van der Waals surface area contributed by atoms with Crippen molar-refractivity contribution in [2.75, 3.05) is 13.7 Å². The molecule has 0 unspecified atom stereocenters. The van der Waals surface area contributed by atoms with Crippen LogP contribution in [0.5, 0.6) is 0 Å². The number of aliphatic hydroxyl groups is 1. The van der Waals surface area contributed by atoms with Crippen LogP contribution in [-0.4, -0.2) is 46.2 Å². The largest absolute Gasteiger partial charge is 0.387 e. The third-order valence-electron chi connectivity index (χ3n) is 10.4. The number of aromatic nitrogens is 2. The number of hydrogen-bond acceptors (Lipinski definition) is 4. The van der Waals surface area contributed by atoms with Gasteiger partial charge in [0.2, 0.25) is 0 Å². The average Bonchev–Trinajstić information content (AvgIpc) is 3.39. The highest BCUT2D eigenvalue weighted by molar-refractivity contribution is 5.86. The van der Waals surface area contributed by atoms with Gasteiger partial charge >= 0.3 is 0 Å². The summed E-state index contributed by atoms with van der Waals surface area (Å²) in [5.41, 5.74) is 0.727. The van der Waals surface area contributed by atoms with Crippen LogP contribution in [0.1, 0.15) is 76.0 Å². The van der Waals surface area contributed by atoms with Gasteiger partial charge in [0.05, 0.1) is 17.5 Å². The fraction of sp³-hybridized carbons (Fsp3) is 0.750. The zero-order valence-corrected chi connectivity index (χ0v) is 20.8. The van der Waals surface area contributed by atoms with E-state index in [0.717, 1.165) is 43.4 Å². The van der Waals surface area contributed by atoms with Gasteiger partial charge in [-0.2, -0.15) is 5.10 Å². The number of aliphatic imine (C=N–C) groups is 1. The van der Waals surface area contributed by atoms with E-state index in [0.29, 0.717) is 54.8 Å². The van der Waals surface area contributed by atoms with Crippen molar-refractivity contribution in [1.29, 1.82) is 0 Å². The Labute approximate surface area is 202 Å². The number of nitrogens with zero attached hydrogens (tertiary/aromatic N) is 3. The molecule has 5 nitrogen and oxygen atoms in total. The lowest BCUT2D eigenvalue weighted by atomic mass is 9.49. The van der Waals surface area contributed by atoms with Crippen LogP contribution in [-0.2, 0) is 11.3 Å². The number of carbonyl (C=O) groups excluding carboxylic acids is 1. The van der Waals surface area contributed by atoms with Crippen molar-refractivity contribution in [2.45, 2.75) is 76.9 Å². The van der Waals surface area contributed by atoms with Gasteiger partial charge in [-0.1, -0.05) is 19.6 Å². The van der Waals surface area contributed by atoms with Crippen LogP contribution in [0.4, 0.5) is 4.39 Å². The van der Waals surface area contributed by atoms with Crippen LogP contribution in [0.2, 0.25) is 0 Å². The Hall–Kier alpha value is -1.82. The summed E-state index contributed by atoms with van der Waals surface area (Å²) in [7, 11) is 1.73. The molecular formula is C28H40FN3O2. The summed E-state index contributed by atoms with van der Waals surface area (Å²) in [4.78, 5) is 17.8. The van der Waals surface area contributed by atoms with Gasteiger partial charge in [0, 0.05) is 24.7 Å². The Morgan fingerprint density at radius 2 is 2.03 bits per heavy atom. The second kappa shape index (κ2) is 9.00. The van der Waals surface area contributed by atoms with Crippen LogP contribution in [0.3, 0.4) is 0 Å². The number of ketones is 1. The molecule has 0 amide bonds. The average molecular weight is 470 g/mol. The van der Waals surface area contributed by atoms with Crippen molar-refractivity contribution in [3.63, 3.8) is 0 Å². The molecule has 1 N–H and O–H groups in total. The van der Waals surface area contributed by atoms with Crippen LogP contribution in [0.15, 0.2) is 17.8 Å². The molecule has 0 spiro atoms. The van der Waals surface area contributed by atoms with Gasteiger partial charge in [-0.15, -0.1) is 0 Å². The Balaban J connectivity index is 1.31. The first kappa shape index (κ1) is 23.9. The number of rotatable bonds is 6. The second-order valence-electron chi connectivity index (χ2n) is 11.9. The summed E-state index contributed by atoms with van der Waals surface area (Å²) in [5.74, 6) is 3.44. The Morgan fingerprint density at radius 3 is 2.76 bits per heavy atom. The summed E-state index contributed by atoms with van der Waals surface area (Å²) in [5, 5.41) is 15.0. The highest BCUT2D eigenvalue weighted by Crippen LogP contribution is 2.64. The van der Waals surface area contributed by atoms with Crippen LogP contribution in [0.25, 0.3) is 6.08 Å². The molecule has 1 heterocycles. The summed E-state index contributed by atoms with van der Waals surface area (Å²) in [6.45, 7) is 5.92. The standard InChI is InChI=1S/C28H40FN3O2/c1-4-18-14-31-32(25(18)15-30-3)16-26(33)24-8-7-23-22-6-5-19-13-28(34,17-29)12-10-20(19)21(22)9-11-27(23,24)2/h4,14-15,19-24,34H,1,5-13,16-17H2,2-3H3/b30-15-/t19-,20-,21+,22+,23-,24+,27-,28+/m0/s1. The van der Waals surface area contributed by atoms with Crippen molar-refractivity contribution in [3.8, 4) is 0 Å². The smallest absolute Gasteiger partial charge is 0.157 e. The van der Waals surface area contributed by atoms with Crippen LogP contribution in [0, 0.1) is 40.9 Å². The summed E-state index contributed by atoms with van der Waals surface area (Å²) < 4.78 is 15.2. The van der Waals surface area contributed by atoms with E-state index in [1.165, 1.54) is 12.8 Å². The monoisotopic (exact) mass is 469 g/mol. The molecule has 5 rings (SSSR count). The van der Waals surface area contributed by atoms with Gasteiger partial charge in [0.15, 0.2) is 5.78 Å². The van der Waals surface area contributed by atoms with Gasteiger partial charge in [-0.25, -0.2) is 4.39 Å². The second-order valence-corrected chi connectivity index (χ2v) is 11.9. The molecule has 6 heteroatoms. The molecule has 0 aliphatic heterocycles. The van der Waals surface area contributed by atoms with E-state index in [9.17, 15) is 14.3 Å². The maximum Gasteiger partial charge on any atom is 0.157 e. The molecule has 0 saturated heterocycles. The molecule has 4 aliphatic carbocycles. The predicted molar refractivity (Wildman–Crippen MR) is 132 cm³/mol. The number of hydrogen-bond donors (Lipinski definition) is 1. The van der Waals surface area contributed by atoms with Gasteiger partial charge in [0.25, 0.3) is 0 Å². The molecule has 0 radical (unpaired) electrons. The highest BCUT2D eigenvalue weighted by atomic mass is 19.1. The first-order valence-electron chi connectivity index (χ1n) is 13.2. The van der Waals surface area contributed by atoms with E-state index in [1.54, 1.807) is 30.2 Å². The molecule has 34 heavy (non-hydrogen) atoms.